The second kappa shape index (κ2) is 11.0. The zero-order valence-electron chi connectivity index (χ0n) is 16.4. The molecule has 0 aromatic heterocycles. The monoisotopic (exact) mass is 354 g/mol. The third-order valence-electron chi connectivity index (χ3n) is 5.35. The van der Waals surface area contributed by atoms with Gasteiger partial charge in [0.1, 0.15) is 5.54 Å². The Morgan fingerprint density at radius 2 is 1.50 bits per heavy atom. The lowest BCUT2D eigenvalue weighted by Crippen LogP contribution is -2.35. The number of aryl methyl sites for hydroxylation is 1. The van der Waals surface area contributed by atoms with Gasteiger partial charge in [-0.25, -0.2) is 0 Å². The van der Waals surface area contributed by atoms with E-state index >= 15 is 0 Å². The molecule has 1 amide bonds. The van der Waals surface area contributed by atoms with Crippen molar-refractivity contribution in [2.24, 2.45) is 0 Å². The lowest BCUT2D eigenvalue weighted by molar-refractivity contribution is 0.0941. The first kappa shape index (κ1) is 20.5. The number of nitriles is 1. The van der Waals surface area contributed by atoms with Gasteiger partial charge in [0.15, 0.2) is 0 Å². The molecule has 0 radical (unpaired) electrons. The highest BCUT2D eigenvalue weighted by Crippen LogP contribution is 2.34. The van der Waals surface area contributed by atoms with Crippen molar-refractivity contribution in [3.63, 3.8) is 0 Å². The molecule has 0 spiro atoms. The molecule has 0 unspecified atom stereocenters. The number of hydrogen-bond donors (Lipinski definition) is 1. The third-order valence-corrected chi connectivity index (χ3v) is 5.35. The number of carbonyl (C=O) groups excluding carboxylic acids is 1. The van der Waals surface area contributed by atoms with Crippen LogP contribution in [0, 0.1) is 11.3 Å². The van der Waals surface area contributed by atoms with E-state index in [0.717, 1.165) is 19.3 Å². The minimum atomic E-state index is -0.592. The van der Waals surface area contributed by atoms with Crippen LogP contribution >= 0.6 is 0 Å². The van der Waals surface area contributed by atoms with Crippen LogP contribution in [-0.2, 0) is 6.42 Å². The van der Waals surface area contributed by atoms with Gasteiger partial charge in [-0.15, -0.1) is 0 Å². The molecule has 1 saturated carbocycles. The van der Waals surface area contributed by atoms with E-state index in [4.69, 9.17) is 5.26 Å². The van der Waals surface area contributed by atoms with Gasteiger partial charge in [0.25, 0.3) is 5.91 Å². The molecule has 26 heavy (non-hydrogen) atoms. The molecular weight excluding hydrogens is 320 g/mol. The van der Waals surface area contributed by atoms with Crippen molar-refractivity contribution < 1.29 is 4.79 Å². The van der Waals surface area contributed by atoms with Gasteiger partial charge in [0.2, 0.25) is 0 Å². The van der Waals surface area contributed by atoms with Gasteiger partial charge in [0.05, 0.1) is 6.07 Å². The van der Waals surface area contributed by atoms with E-state index in [2.05, 4.69) is 30.4 Å². The van der Waals surface area contributed by atoms with Crippen LogP contribution in [0.5, 0.6) is 0 Å². The fourth-order valence-corrected chi connectivity index (χ4v) is 3.32. The van der Waals surface area contributed by atoms with Gasteiger partial charge in [0, 0.05) is 5.56 Å². The second-order valence-corrected chi connectivity index (χ2v) is 7.78. The number of nitrogens with zero attached hydrogens (tertiary/aromatic N) is 1. The summed E-state index contributed by atoms with van der Waals surface area (Å²) < 4.78 is 0. The van der Waals surface area contributed by atoms with E-state index in [-0.39, 0.29) is 5.91 Å². The summed E-state index contributed by atoms with van der Waals surface area (Å²) in [5, 5.41) is 11.9. The molecule has 1 N–H and O–H groups in total. The highest BCUT2D eigenvalue weighted by molar-refractivity contribution is 5.95. The van der Waals surface area contributed by atoms with Crippen molar-refractivity contribution in [2.75, 3.05) is 0 Å². The van der Waals surface area contributed by atoms with Crippen LogP contribution < -0.4 is 5.32 Å². The Balaban J connectivity index is 1.55. The Hall–Kier alpha value is -1.82. The van der Waals surface area contributed by atoms with Gasteiger partial charge < -0.3 is 5.32 Å². The second-order valence-electron chi connectivity index (χ2n) is 7.78. The van der Waals surface area contributed by atoms with Crippen molar-refractivity contribution in [1.82, 2.24) is 5.32 Å². The zero-order chi connectivity index (χ0) is 18.7. The Bertz CT molecular complexity index is 581. The summed E-state index contributed by atoms with van der Waals surface area (Å²) in [5.74, 6) is -0.130. The summed E-state index contributed by atoms with van der Waals surface area (Å²) in [4.78, 5) is 12.2. The average Bonchev–Trinajstić information content (AvgIpc) is 3.43. The maximum atomic E-state index is 12.2. The molecule has 0 bridgehead atoms. The van der Waals surface area contributed by atoms with Crippen LogP contribution in [0.4, 0.5) is 0 Å². The van der Waals surface area contributed by atoms with Crippen LogP contribution in [0.25, 0.3) is 0 Å². The number of unbranched alkanes of at least 4 members (excludes halogenated alkanes) is 9. The number of nitrogens with one attached hydrogen (secondary N) is 1. The first-order valence-electron chi connectivity index (χ1n) is 10.5. The number of benzene rings is 1. The quantitative estimate of drug-likeness (QED) is 0.446. The largest absolute Gasteiger partial charge is 0.334 e. The van der Waals surface area contributed by atoms with Crippen LogP contribution in [0.3, 0.4) is 0 Å². The topological polar surface area (TPSA) is 52.9 Å². The first-order valence-corrected chi connectivity index (χ1v) is 10.5. The fourth-order valence-electron chi connectivity index (χ4n) is 3.32. The van der Waals surface area contributed by atoms with E-state index in [0.29, 0.717) is 5.56 Å². The fraction of sp³-hybridized carbons (Fsp3) is 0.652. The Morgan fingerprint density at radius 1 is 0.962 bits per heavy atom. The highest BCUT2D eigenvalue weighted by Gasteiger charge is 2.44. The van der Waals surface area contributed by atoms with Crippen molar-refractivity contribution in [3.05, 3.63) is 35.4 Å². The summed E-state index contributed by atoms with van der Waals surface area (Å²) in [6.07, 6.45) is 16.2. The van der Waals surface area contributed by atoms with Crippen LogP contribution in [-0.4, -0.2) is 11.4 Å². The molecule has 0 heterocycles. The van der Waals surface area contributed by atoms with Crippen LogP contribution in [0.1, 0.15) is 99.9 Å². The maximum Gasteiger partial charge on any atom is 0.252 e. The average molecular weight is 355 g/mol. The van der Waals surface area contributed by atoms with Gasteiger partial charge in [-0.1, -0.05) is 76.8 Å². The lowest BCUT2D eigenvalue weighted by atomic mass is 10.0. The molecule has 1 aromatic rings. The van der Waals surface area contributed by atoms with Gasteiger partial charge in [-0.05, 0) is 43.4 Å². The maximum absolute atomic E-state index is 12.2. The minimum absolute atomic E-state index is 0.130. The van der Waals surface area contributed by atoms with Crippen LogP contribution in [0.15, 0.2) is 24.3 Å². The summed E-state index contributed by atoms with van der Waals surface area (Å²) in [6.45, 7) is 2.26. The molecular formula is C23H34N2O. The number of carbonyl (C=O) groups is 1. The summed E-state index contributed by atoms with van der Waals surface area (Å²) in [6, 6.07) is 10.1. The van der Waals surface area contributed by atoms with Crippen molar-refractivity contribution in [1.29, 1.82) is 5.26 Å². The predicted octanol–water partition coefficient (Wildman–Crippen LogP) is 5.94. The van der Waals surface area contributed by atoms with E-state index in [1.807, 2.05) is 12.1 Å². The van der Waals surface area contributed by atoms with Crippen molar-refractivity contribution in [2.45, 2.75) is 95.9 Å². The van der Waals surface area contributed by atoms with E-state index in [1.165, 1.54) is 69.8 Å². The molecule has 0 atom stereocenters. The molecule has 0 saturated heterocycles. The Morgan fingerprint density at radius 3 is 2.00 bits per heavy atom. The van der Waals surface area contributed by atoms with E-state index in [1.54, 1.807) is 0 Å². The summed E-state index contributed by atoms with van der Waals surface area (Å²) in [7, 11) is 0. The van der Waals surface area contributed by atoms with Crippen LogP contribution in [0.2, 0.25) is 0 Å². The summed E-state index contributed by atoms with van der Waals surface area (Å²) in [5.41, 5.74) is 1.35. The zero-order valence-corrected chi connectivity index (χ0v) is 16.4. The molecule has 3 heteroatoms. The van der Waals surface area contributed by atoms with E-state index in [9.17, 15) is 4.79 Å². The standard InChI is InChI=1S/C23H34N2O/c1-2-3-4-5-6-7-8-9-10-11-12-20-13-15-21(16-14-20)22(26)25-23(19-24)17-18-23/h13-16H,2-12,17-18H2,1H3,(H,25,26). The highest BCUT2D eigenvalue weighted by atomic mass is 16.1. The molecule has 1 fully saturated rings. The minimum Gasteiger partial charge on any atom is -0.334 e. The molecule has 2 rings (SSSR count). The molecule has 0 aliphatic heterocycles. The number of hydrogen-bond acceptors (Lipinski definition) is 2. The smallest absolute Gasteiger partial charge is 0.252 e. The summed E-state index contributed by atoms with van der Waals surface area (Å²) >= 11 is 0. The molecule has 3 nitrogen and oxygen atoms in total. The molecule has 1 aliphatic carbocycles. The van der Waals surface area contributed by atoms with E-state index < -0.39 is 5.54 Å². The Labute approximate surface area is 159 Å². The first-order chi connectivity index (χ1) is 12.7. The van der Waals surface area contributed by atoms with Gasteiger partial charge >= 0.3 is 0 Å². The predicted molar refractivity (Wildman–Crippen MR) is 107 cm³/mol. The lowest BCUT2D eigenvalue weighted by Gasteiger charge is -2.09. The molecule has 1 aromatic carbocycles. The molecule has 1 aliphatic rings. The van der Waals surface area contributed by atoms with Gasteiger partial charge in [-0.2, -0.15) is 5.26 Å². The SMILES string of the molecule is CCCCCCCCCCCCc1ccc(C(=O)NC2(C#N)CC2)cc1. The normalized spacial score (nSPS) is 14.6. The third kappa shape index (κ3) is 7.20. The number of amides is 1. The Kier molecular flexibility index (Phi) is 8.68. The van der Waals surface area contributed by atoms with Crippen molar-refractivity contribution >= 4 is 5.91 Å². The van der Waals surface area contributed by atoms with Crippen molar-refractivity contribution in [3.8, 4) is 6.07 Å². The van der Waals surface area contributed by atoms with Gasteiger partial charge in [-0.3, -0.25) is 4.79 Å². The number of rotatable bonds is 13. The molecule has 142 valence electrons.